The number of nitrogens with two attached hydrogens (primary N) is 1. The third-order valence-electron chi connectivity index (χ3n) is 5.71. The molecule has 0 atom stereocenters. The lowest BCUT2D eigenvalue weighted by molar-refractivity contribution is -0.118. The first-order valence-corrected chi connectivity index (χ1v) is 12.1. The molecule has 0 radical (unpaired) electrons. The smallest absolute Gasteiger partial charge is 0.237 e. The lowest BCUT2D eigenvalue weighted by Crippen LogP contribution is -2.35. The normalized spacial score (nSPS) is 12.8. The fraction of sp³-hybridized carbons (Fsp3) is 0.320. The summed E-state index contributed by atoms with van der Waals surface area (Å²) in [6.45, 7) is 0.227. The average Bonchev–Trinajstić information content (AvgIpc) is 3.22. The van der Waals surface area contributed by atoms with Gasteiger partial charge in [-0.15, -0.1) is 0 Å². The van der Waals surface area contributed by atoms with Crippen LogP contribution in [0.2, 0.25) is 0 Å². The SMILES string of the molecule is COc1ccc(N(CCC(N)=O)C(=O)CSc2nc3c(n2-c2ccccc2)CCCC3)cc1. The van der Waals surface area contributed by atoms with Crippen molar-refractivity contribution in [2.75, 3.05) is 24.3 Å². The van der Waals surface area contributed by atoms with Crippen LogP contribution in [0, 0.1) is 0 Å². The fourth-order valence-electron chi connectivity index (χ4n) is 4.04. The van der Waals surface area contributed by atoms with Crippen LogP contribution in [-0.4, -0.2) is 40.8 Å². The highest BCUT2D eigenvalue weighted by atomic mass is 32.2. The molecule has 33 heavy (non-hydrogen) atoms. The highest BCUT2D eigenvalue weighted by Gasteiger charge is 2.23. The maximum atomic E-state index is 13.3. The number of thioether (sulfide) groups is 1. The zero-order valence-corrected chi connectivity index (χ0v) is 19.5. The molecule has 1 heterocycles. The van der Waals surface area contributed by atoms with Crippen molar-refractivity contribution >= 4 is 29.3 Å². The van der Waals surface area contributed by atoms with Crippen LogP contribution in [0.1, 0.15) is 30.7 Å². The quantitative estimate of drug-likeness (QED) is 0.487. The second kappa shape index (κ2) is 10.6. The second-order valence-electron chi connectivity index (χ2n) is 7.91. The Balaban J connectivity index is 1.57. The largest absolute Gasteiger partial charge is 0.497 e. The van der Waals surface area contributed by atoms with Crippen LogP contribution in [0.25, 0.3) is 5.69 Å². The molecule has 0 bridgehead atoms. The standard InChI is InChI=1S/C25H28N4O3S/c1-32-20-13-11-18(12-14-20)28(16-15-23(26)30)24(31)17-33-25-27-21-9-5-6-10-22(21)29(25)19-7-3-2-4-8-19/h2-4,7-8,11-14H,5-6,9-10,15-17H2,1H3,(H2,26,30). The van der Waals surface area contributed by atoms with E-state index in [4.69, 9.17) is 15.5 Å². The molecular weight excluding hydrogens is 436 g/mol. The van der Waals surface area contributed by atoms with E-state index in [0.29, 0.717) is 11.4 Å². The molecule has 2 amide bonds. The number of anilines is 1. The summed E-state index contributed by atoms with van der Waals surface area (Å²) in [5.74, 6) is 0.354. The number of rotatable bonds is 9. The van der Waals surface area contributed by atoms with Gasteiger partial charge in [0, 0.05) is 30.0 Å². The van der Waals surface area contributed by atoms with Gasteiger partial charge in [-0.25, -0.2) is 4.98 Å². The van der Waals surface area contributed by atoms with E-state index >= 15 is 0 Å². The Hall–Kier alpha value is -3.26. The van der Waals surface area contributed by atoms with Gasteiger partial charge in [0.1, 0.15) is 5.75 Å². The number of imidazole rings is 1. The van der Waals surface area contributed by atoms with E-state index in [2.05, 4.69) is 16.7 Å². The molecular formula is C25H28N4O3S. The van der Waals surface area contributed by atoms with E-state index in [-0.39, 0.29) is 24.6 Å². The molecule has 2 N–H and O–H groups in total. The average molecular weight is 465 g/mol. The number of nitrogens with zero attached hydrogens (tertiary/aromatic N) is 3. The first kappa shape index (κ1) is 22.9. The maximum absolute atomic E-state index is 13.3. The van der Waals surface area contributed by atoms with Crippen molar-refractivity contribution in [3.05, 3.63) is 66.0 Å². The Labute approximate surface area is 197 Å². The summed E-state index contributed by atoms with van der Waals surface area (Å²) in [7, 11) is 1.59. The molecule has 0 unspecified atom stereocenters. The topological polar surface area (TPSA) is 90.4 Å². The molecule has 172 valence electrons. The van der Waals surface area contributed by atoms with Crippen LogP contribution in [0.5, 0.6) is 5.75 Å². The van der Waals surface area contributed by atoms with Gasteiger partial charge in [0.25, 0.3) is 0 Å². The number of carbonyl (C=O) groups is 2. The molecule has 1 aliphatic carbocycles. The third-order valence-corrected chi connectivity index (χ3v) is 6.63. The van der Waals surface area contributed by atoms with Crippen LogP contribution in [0.4, 0.5) is 5.69 Å². The van der Waals surface area contributed by atoms with Gasteiger partial charge in [-0.1, -0.05) is 30.0 Å². The third kappa shape index (κ3) is 5.39. The monoisotopic (exact) mass is 464 g/mol. The zero-order valence-electron chi connectivity index (χ0n) is 18.7. The van der Waals surface area contributed by atoms with Crippen LogP contribution in [0.3, 0.4) is 0 Å². The summed E-state index contributed by atoms with van der Waals surface area (Å²) in [4.78, 5) is 31.2. The Morgan fingerprint density at radius 3 is 2.52 bits per heavy atom. The van der Waals surface area contributed by atoms with Crippen LogP contribution in [-0.2, 0) is 22.4 Å². The molecule has 1 aliphatic rings. The molecule has 8 heteroatoms. The summed E-state index contributed by atoms with van der Waals surface area (Å²) in [6.07, 6.45) is 4.33. The van der Waals surface area contributed by atoms with E-state index < -0.39 is 5.91 Å². The minimum absolute atomic E-state index is 0.0926. The van der Waals surface area contributed by atoms with Crippen LogP contribution in [0.15, 0.2) is 59.8 Å². The lowest BCUT2D eigenvalue weighted by Gasteiger charge is -2.22. The Morgan fingerprint density at radius 2 is 1.82 bits per heavy atom. The van der Waals surface area contributed by atoms with Gasteiger partial charge in [0.05, 0.1) is 18.6 Å². The molecule has 3 aromatic rings. The number of hydrogen-bond donors (Lipinski definition) is 1. The number of benzene rings is 2. The number of fused-ring (bicyclic) bond motifs is 1. The number of aryl methyl sites for hydroxylation is 1. The number of carbonyl (C=O) groups excluding carboxylic acids is 2. The van der Waals surface area contributed by atoms with E-state index in [1.54, 1.807) is 24.1 Å². The van der Waals surface area contributed by atoms with Crippen molar-refractivity contribution in [3.63, 3.8) is 0 Å². The number of primary amides is 1. The molecule has 0 saturated heterocycles. The van der Waals surface area contributed by atoms with Crippen molar-refractivity contribution in [2.45, 2.75) is 37.3 Å². The second-order valence-corrected chi connectivity index (χ2v) is 8.86. The molecule has 4 rings (SSSR count). The zero-order chi connectivity index (χ0) is 23.2. The van der Waals surface area contributed by atoms with Gasteiger partial charge in [0.15, 0.2) is 5.16 Å². The van der Waals surface area contributed by atoms with Crippen molar-refractivity contribution < 1.29 is 14.3 Å². The van der Waals surface area contributed by atoms with Gasteiger partial charge in [0.2, 0.25) is 11.8 Å². The van der Waals surface area contributed by atoms with E-state index in [0.717, 1.165) is 42.2 Å². The maximum Gasteiger partial charge on any atom is 0.237 e. The number of amides is 2. The summed E-state index contributed by atoms with van der Waals surface area (Å²) in [5.41, 5.74) is 9.48. The molecule has 2 aromatic carbocycles. The number of aromatic nitrogens is 2. The highest BCUT2D eigenvalue weighted by molar-refractivity contribution is 7.99. The van der Waals surface area contributed by atoms with E-state index in [9.17, 15) is 9.59 Å². The number of para-hydroxylation sites is 1. The molecule has 0 saturated carbocycles. The van der Waals surface area contributed by atoms with Gasteiger partial charge < -0.3 is 15.4 Å². The van der Waals surface area contributed by atoms with E-state index in [1.165, 1.54) is 17.5 Å². The fourth-order valence-corrected chi connectivity index (χ4v) is 4.97. The van der Waals surface area contributed by atoms with Gasteiger partial charge in [-0.05, 0) is 62.1 Å². The number of methoxy groups -OCH3 is 1. The predicted octanol–water partition coefficient (Wildman–Crippen LogP) is 3.76. The first-order chi connectivity index (χ1) is 16.1. The lowest BCUT2D eigenvalue weighted by atomic mass is 10.0. The van der Waals surface area contributed by atoms with Gasteiger partial charge >= 0.3 is 0 Å². The first-order valence-electron chi connectivity index (χ1n) is 11.1. The van der Waals surface area contributed by atoms with Crippen molar-refractivity contribution in [3.8, 4) is 11.4 Å². The number of hydrogen-bond acceptors (Lipinski definition) is 5. The van der Waals surface area contributed by atoms with Crippen molar-refractivity contribution in [1.29, 1.82) is 0 Å². The molecule has 1 aromatic heterocycles. The highest BCUT2D eigenvalue weighted by Crippen LogP contribution is 2.31. The minimum atomic E-state index is -0.443. The van der Waals surface area contributed by atoms with Gasteiger partial charge in [-0.3, -0.25) is 14.2 Å². The Kier molecular flexibility index (Phi) is 7.34. The number of ether oxygens (including phenoxy) is 1. The van der Waals surface area contributed by atoms with E-state index in [1.807, 2.05) is 30.3 Å². The van der Waals surface area contributed by atoms with Crippen molar-refractivity contribution in [1.82, 2.24) is 9.55 Å². The van der Waals surface area contributed by atoms with Crippen LogP contribution >= 0.6 is 11.8 Å². The summed E-state index contributed by atoms with van der Waals surface area (Å²) < 4.78 is 7.40. The summed E-state index contributed by atoms with van der Waals surface area (Å²) in [5, 5.41) is 0.825. The van der Waals surface area contributed by atoms with Crippen molar-refractivity contribution in [2.24, 2.45) is 5.73 Å². The Morgan fingerprint density at radius 1 is 1.09 bits per heavy atom. The molecule has 0 fully saturated rings. The molecule has 7 nitrogen and oxygen atoms in total. The Bertz CT molecular complexity index is 1110. The van der Waals surface area contributed by atoms with Crippen LogP contribution < -0.4 is 15.4 Å². The molecule has 0 aliphatic heterocycles. The predicted molar refractivity (Wildman–Crippen MR) is 130 cm³/mol. The van der Waals surface area contributed by atoms with Gasteiger partial charge in [-0.2, -0.15) is 0 Å². The molecule has 0 spiro atoms. The summed E-state index contributed by atoms with van der Waals surface area (Å²) >= 11 is 1.43. The summed E-state index contributed by atoms with van der Waals surface area (Å²) in [6, 6.07) is 17.4. The minimum Gasteiger partial charge on any atom is -0.497 e.